The summed E-state index contributed by atoms with van der Waals surface area (Å²) >= 11 is 0. The number of nitrogens with one attached hydrogen (secondary N) is 1. The molecule has 1 aromatic heterocycles. The Kier molecular flexibility index (Phi) is 4.49. The topological polar surface area (TPSA) is 48.6 Å². The molecule has 26 heavy (non-hydrogen) atoms. The van der Waals surface area contributed by atoms with Gasteiger partial charge in [-0.05, 0) is 50.1 Å². The number of ether oxygens (including phenoxy) is 1. The average molecular weight is 359 g/mol. The molecule has 3 heterocycles. The summed E-state index contributed by atoms with van der Waals surface area (Å²) in [6, 6.07) is 4.86. The van der Waals surface area contributed by atoms with Crippen molar-refractivity contribution in [3.8, 4) is 0 Å². The van der Waals surface area contributed by atoms with Gasteiger partial charge in [-0.25, -0.2) is 4.39 Å². The van der Waals surface area contributed by atoms with Crippen molar-refractivity contribution in [1.82, 2.24) is 14.8 Å². The van der Waals surface area contributed by atoms with E-state index < -0.39 is 0 Å². The van der Waals surface area contributed by atoms with E-state index in [2.05, 4.69) is 9.88 Å². The summed E-state index contributed by atoms with van der Waals surface area (Å²) < 4.78 is 18.6. The fourth-order valence-corrected chi connectivity index (χ4v) is 4.52. The maximum absolute atomic E-state index is 13.5. The summed E-state index contributed by atoms with van der Waals surface area (Å²) in [5.41, 5.74) is 2.96. The number of amides is 1. The van der Waals surface area contributed by atoms with E-state index in [-0.39, 0.29) is 17.1 Å². The monoisotopic (exact) mass is 359 g/mol. The second kappa shape index (κ2) is 6.67. The van der Waals surface area contributed by atoms with Gasteiger partial charge in [-0.3, -0.25) is 9.69 Å². The number of halogens is 1. The molecule has 0 radical (unpaired) electrons. The van der Waals surface area contributed by atoms with Gasteiger partial charge in [-0.1, -0.05) is 0 Å². The van der Waals surface area contributed by atoms with E-state index in [1.807, 2.05) is 11.8 Å². The van der Waals surface area contributed by atoms with Gasteiger partial charge >= 0.3 is 0 Å². The number of methoxy groups -OCH3 is 1. The van der Waals surface area contributed by atoms with Crippen LogP contribution >= 0.6 is 0 Å². The van der Waals surface area contributed by atoms with Crippen LogP contribution in [0.25, 0.3) is 10.9 Å². The van der Waals surface area contributed by atoms with E-state index in [4.69, 9.17) is 4.74 Å². The van der Waals surface area contributed by atoms with E-state index in [9.17, 15) is 9.18 Å². The molecule has 6 heteroatoms. The molecule has 1 atom stereocenters. The predicted octanol–water partition coefficient (Wildman–Crippen LogP) is 2.69. The van der Waals surface area contributed by atoms with E-state index in [0.29, 0.717) is 13.2 Å². The molecular formula is C20H26FN3O2. The van der Waals surface area contributed by atoms with Crippen LogP contribution in [-0.2, 0) is 16.1 Å². The van der Waals surface area contributed by atoms with Crippen molar-refractivity contribution < 1.29 is 13.9 Å². The third kappa shape index (κ3) is 2.91. The standard InChI is InChI=1S/C20H26FN3O2/c1-14-16-11-15(21)3-4-17(16)22-18(14)12-23-7-5-20(13-23)6-8-24(19(20)25)9-10-26-2/h3-4,11,22H,5-10,12-13H2,1-2H3. The number of aromatic nitrogens is 1. The zero-order valence-electron chi connectivity index (χ0n) is 15.5. The molecule has 0 bridgehead atoms. The number of hydrogen-bond acceptors (Lipinski definition) is 3. The maximum Gasteiger partial charge on any atom is 0.230 e. The van der Waals surface area contributed by atoms with Crippen molar-refractivity contribution in [2.24, 2.45) is 5.41 Å². The van der Waals surface area contributed by atoms with Gasteiger partial charge in [-0.15, -0.1) is 0 Å². The van der Waals surface area contributed by atoms with Crippen molar-refractivity contribution in [3.63, 3.8) is 0 Å². The van der Waals surface area contributed by atoms with Crippen LogP contribution < -0.4 is 0 Å². The summed E-state index contributed by atoms with van der Waals surface area (Å²) in [4.78, 5) is 20.6. The minimum Gasteiger partial charge on any atom is -0.383 e. The normalized spacial score (nSPS) is 23.8. The van der Waals surface area contributed by atoms with Gasteiger partial charge in [0.2, 0.25) is 5.91 Å². The third-order valence-electron chi connectivity index (χ3n) is 6.10. The lowest BCUT2D eigenvalue weighted by Crippen LogP contribution is -2.38. The molecule has 2 fully saturated rings. The van der Waals surface area contributed by atoms with Crippen molar-refractivity contribution in [1.29, 1.82) is 0 Å². The van der Waals surface area contributed by atoms with Crippen LogP contribution in [-0.4, -0.2) is 60.6 Å². The molecule has 2 aliphatic heterocycles. The molecule has 2 aliphatic rings. The Bertz CT molecular complexity index is 834. The number of H-pyrrole nitrogens is 1. The molecule has 1 spiro atoms. The van der Waals surface area contributed by atoms with Crippen molar-refractivity contribution >= 4 is 16.8 Å². The first-order valence-electron chi connectivity index (χ1n) is 9.30. The van der Waals surface area contributed by atoms with Crippen LogP contribution in [0.2, 0.25) is 0 Å². The van der Waals surface area contributed by atoms with E-state index in [1.165, 1.54) is 6.07 Å². The van der Waals surface area contributed by atoms with Crippen molar-refractivity contribution in [2.45, 2.75) is 26.3 Å². The van der Waals surface area contributed by atoms with Gasteiger partial charge in [0.1, 0.15) is 5.82 Å². The number of carbonyl (C=O) groups excluding carboxylic acids is 1. The van der Waals surface area contributed by atoms with Crippen LogP contribution in [0.3, 0.4) is 0 Å². The minimum atomic E-state index is -0.222. The number of rotatable bonds is 5. The Balaban J connectivity index is 1.47. The molecule has 1 N–H and O–H groups in total. The van der Waals surface area contributed by atoms with Crippen molar-refractivity contribution in [3.05, 3.63) is 35.3 Å². The molecule has 140 valence electrons. The van der Waals surface area contributed by atoms with Gasteiger partial charge < -0.3 is 14.6 Å². The summed E-state index contributed by atoms with van der Waals surface area (Å²) in [5, 5.41) is 0.941. The molecule has 4 rings (SSSR count). The largest absolute Gasteiger partial charge is 0.383 e. The highest BCUT2D eigenvalue weighted by Gasteiger charge is 2.50. The lowest BCUT2D eigenvalue weighted by atomic mass is 9.85. The van der Waals surface area contributed by atoms with Gasteiger partial charge in [-0.2, -0.15) is 0 Å². The molecule has 1 aromatic carbocycles. The van der Waals surface area contributed by atoms with Gasteiger partial charge in [0.15, 0.2) is 0 Å². The Morgan fingerprint density at radius 1 is 1.31 bits per heavy atom. The zero-order chi connectivity index (χ0) is 18.3. The number of aryl methyl sites for hydroxylation is 1. The first-order chi connectivity index (χ1) is 12.5. The Morgan fingerprint density at radius 3 is 2.92 bits per heavy atom. The summed E-state index contributed by atoms with van der Waals surface area (Å²) in [6.45, 7) is 6.65. The summed E-state index contributed by atoms with van der Waals surface area (Å²) in [5.74, 6) is 0.0754. The van der Waals surface area contributed by atoms with E-state index >= 15 is 0 Å². The molecular weight excluding hydrogens is 333 g/mol. The van der Waals surface area contributed by atoms with E-state index in [0.717, 1.165) is 61.2 Å². The fourth-order valence-electron chi connectivity index (χ4n) is 4.52. The lowest BCUT2D eigenvalue weighted by Gasteiger charge is -2.23. The smallest absolute Gasteiger partial charge is 0.230 e. The second-order valence-corrected chi connectivity index (χ2v) is 7.69. The van der Waals surface area contributed by atoms with Gasteiger partial charge in [0, 0.05) is 49.9 Å². The highest BCUT2D eigenvalue weighted by Crippen LogP contribution is 2.41. The average Bonchev–Trinajstić information content (AvgIpc) is 3.27. The second-order valence-electron chi connectivity index (χ2n) is 7.69. The Hall–Kier alpha value is -1.92. The molecule has 2 aromatic rings. The Labute approximate surface area is 153 Å². The van der Waals surface area contributed by atoms with Crippen LogP contribution in [0, 0.1) is 18.2 Å². The molecule has 2 saturated heterocycles. The predicted molar refractivity (Wildman–Crippen MR) is 98.4 cm³/mol. The highest BCUT2D eigenvalue weighted by molar-refractivity contribution is 5.86. The SMILES string of the molecule is COCCN1CCC2(CCN(Cc3[nH]c4ccc(F)cc4c3C)C2)C1=O. The lowest BCUT2D eigenvalue weighted by molar-refractivity contribution is -0.136. The fraction of sp³-hybridized carbons (Fsp3) is 0.550. The van der Waals surface area contributed by atoms with Crippen LogP contribution in [0.4, 0.5) is 4.39 Å². The number of benzene rings is 1. The first-order valence-corrected chi connectivity index (χ1v) is 9.30. The number of fused-ring (bicyclic) bond motifs is 1. The first kappa shape index (κ1) is 17.5. The molecule has 0 saturated carbocycles. The third-order valence-corrected chi connectivity index (χ3v) is 6.10. The number of carbonyl (C=O) groups is 1. The van der Waals surface area contributed by atoms with E-state index in [1.54, 1.807) is 19.2 Å². The Morgan fingerprint density at radius 2 is 2.12 bits per heavy atom. The number of nitrogens with zero attached hydrogens (tertiary/aromatic N) is 2. The summed E-state index contributed by atoms with van der Waals surface area (Å²) in [7, 11) is 1.67. The number of likely N-dealkylation sites (tertiary alicyclic amines) is 2. The molecule has 5 nitrogen and oxygen atoms in total. The van der Waals surface area contributed by atoms with Gasteiger partial charge in [0.05, 0.1) is 12.0 Å². The quantitative estimate of drug-likeness (QED) is 0.893. The van der Waals surface area contributed by atoms with Gasteiger partial charge in [0.25, 0.3) is 0 Å². The van der Waals surface area contributed by atoms with Crippen molar-refractivity contribution in [2.75, 3.05) is 39.9 Å². The highest BCUT2D eigenvalue weighted by atomic mass is 19.1. The minimum absolute atomic E-state index is 0.209. The molecule has 1 amide bonds. The molecule has 1 unspecified atom stereocenters. The van der Waals surface area contributed by atoms with Crippen LogP contribution in [0.1, 0.15) is 24.1 Å². The maximum atomic E-state index is 13.5. The van der Waals surface area contributed by atoms with Crippen LogP contribution in [0.5, 0.6) is 0 Å². The number of aromatic amines is 1. The van der Waals surface area contributed by atoms with Crippen LogP contribution in [0.15, 0.2) is 18.2 Å². The number of hydrogen-bond donors (Lipinski definition) is 1. The molecule has 0 aliphatic carbocycles. The zero-order valence-corrected chi connectivity index (χ0v) is 15.5. The summed E-state index contributed by atoms with van der Waals surface area (Å²) in [6.07, 6.45) is 1.85.